The van der Waals surface area contributed by atoms with Gasteiger partial charge in [-0.1, -0.05) is 140 Å². The summed E-state index contributed by atoms with van der Waals surface area (Å²) >= 11 is 0. The first kappa shape index (κ1) is 41.3. The van der Waals surface area contributed by atoms with Gasteiger partial charge in [-0.25, -0.2) is 0 Å². The second-order valence-corrected chi connectivity index (χ2v) is 18.1. The third-order valence-corrected chi connectivity index (χ3v) is 10.9. The topological polar surface area (TPSA) is 67.6 Å². The minimum absolute atomic E-state index is 0. The van der Waals surface area contributed by atoms with Gasteiger partial charge in [-0.2, -0.15) is 5.26 Å². The molecule has 0 saturated carbocycles. The van der Waals surface area contributed by atoms with Crippen LogP contribution in [0.25, 0.3) is 71.9 Å². The third-order valence-electron chi connectivity index (χ3n) is 10.9. The van der Waals surface area contributed by atoms with Crippen molar-refractivity contribution in [3.63, 3.8) is 0 Å². The van der Waals surface area contributed by atoms with E-state index < -0.39 is 0 Å². The van der Waals surface area contributed by atoms with E-state index in [9.17, 15) is 5.26 Å². The Kier molecular flexibility index (Phi) is 11.0. The minimum Gasteiger partial charge on any atom is -0.498 e. The van der Waals surface area contributed by atoms with E-state index >= 15 is 0 Å². The molecule has 0 amide bonds. The molecule has 0 aliphatic carbocycles. The molecule has 0 aliphatic rings. The molecule has 0 saturated heterocycles. The number of nitrogens with zero attached hydrogens (tertiary/aromatic N) is 4. The minimum atomic E-state index is -0.144. The molecule has 5 nitrogen and oxygen atoms in total. The van der Waals surface area contributed by atoms with Gasteiger partial charge >= 0.3 is 0 Å². The van der Waals surface area contributed by atoms with Crippen molar-refractivity contribution >= 4 is 43.7 Å². The number of aromatic nitrogens is 3. The van der Waals surface area contributed by atoms with Gasteiger partial charge in [0.1, 0.15) is 17.3 Å². The first-order valence-corrected chi connectivity index (χ1v) is 19.9. The fourth-order valence-electron chi connectivity index (χ4n) is 7.72. The van der Waals surface area contributed by atoms with E-state index in [4.69, 9.17) is 4.42 Å². The van der Waals surface area contributed by atoms with E-state index in [0.717, 1.165) is 71.9 Å². The Balaban J connectivity index is 0.000000214. The third kappa shape index (κ3) is 7.74. The fourth-order valence-corrected chi connectivity index (χ4v) is 7.72. The maximum Gasteiger partial charge on any atom is 0.146 e. The summed E-state index contributed by atoms with van der Waals surface area (Å²) in [4.78, 5) is 9.21. The van der Waals surface area contributed by atoms with E-state index in [-0.39, 0.29) is 36.4 Å². The van der Waals surface area contributed by atoms with Gasteiger partial charge in [-0.3, -0.25) is 0 Å². The van der Waals surface area contributed by atoms with Crippen molar-refractivity contribution in [2.75, 3.05) is 0 Å². The quantitative estimate of drug-likeness (QED) is 0.166. The van der Waals surface area contributed by atoms with E-state index in [1.807, 2.05) is 54.7 Å². The van der Waals surface area contributed by atoms with Crippen LogP contribution >= 0.6 is 0 Å². The Morgan fingerprint density at radius 2 is 1.29 bits per heavy atom. The van der Waals surface area contributed by atoms with Crippen LogP contribution in [0.15, 0.2) is 132 Å². The number of benzene rings is 5. The number of pyridine rings is 2. The zero-order chi connectivity index (χ0) is 41.0. The summed E-state index contributed by atoms with van der Waals surface area (Å²) in [5, 5.41) is 14.6. The van der Waals surface area contributed by atoms with Gasteiger partial charge in [0.2, 0.25) is 0 Å². The molecule has 9 aromatic rings. The molecule has 0 bridgehead atoms. The average molecular weight is 949 g/mol. The molecule has 59 heavy (non-hydrogen) atoms. The van der Waals surface area contributed by atoms with E-state index in [1.165, 1.54) is 11.1 Å². The molecular formula is C53H48IrN4O-2. The molecule has 9 rings (SSSR count). The zero-order valence-corrected chi connectivity index (χ0v) is 37.5. The van der Waals surface area contributed by atoms with Crippen LogP contribution in [0.4, 0.5) is 0 Å². The second kappa shape index (κ2) is 15.7. The first-order valence-electron chi connectivity index (χ1n) is 19.9. The second-order valence-electron chi connectivity index (χ2n) is 18.1. The van der Waals surface area contributed by atoms with Crippen molar-refractivity contribution < 1.29 is 24.5 Å². The molecule has 4 aromatic heterocycles. The Bertz CT molecular complexity index is 2950. The molecular weight excluding hydrogens is 901 g/mol. The Hall–Kier alpha value is -5.86. The normalized spacial score (nSPS) is 12.0. The van der Waals surface area contributed by atoms with Gasteiger partial charge in [0, 0.05) is 48.7 Å². The molecule has 0 atom stereocenters. The van der Waals surface area contributed by atoms with Crippen molar-refractivity contribution in [1.82, 2.24) is 14.5 Å². The number of hydrogen-bond acceptors (Lipinski definition) is 4. The molecule has 5 aromatic carbocycles. The SMILES string of the molecule is CC(C)(C)c1c[c-]c(-c2ccccn2)c2oc3c(-n4c5ccccc5c5ccccc54)c(C#N)ccc3c12.CC(C)(C)c1ccc(-c2[c-]ccc(C(C)(C)C)c2)nc1.[Ir]. The summed E-state index contributed by atoms with van der Waals surface area (Å²) in [5.74, 6) is 0. The molecule has 0 N–H and O–H groups in total. The number of furan rings is 1. The molecule has 297 valence electrons. The zero-order valence-electron chi connectivity index (χ0n) is 35.2. The number of fused-ring (bicyclic) bond motifs is 6. The number of para-hydroxylation sites is 2. The summed E-state index contributed by atoms with van der Waals surface area (Å²) in [6, 6.07) is 48.3. The Morgan fingerprint density at radius 3 is 1.86 bits per heavy atom. The number of rotatable bonds is 3. The van der Waals surface area contributed by atoms with Gasteiger partial charge in [0.05, 0.1) is 22.2 Å². The van der Waals surface area contributed by atoms with E-state index in [2.05, 4.69) is 162 Å². The van der Waals surface area contributed by atoms with Gasteiger partial charge in [0.25, 0.3) is 0 Å². The predicted octanol–water partition coefficient (Wildman–Crippen LogP) is 13.9. The van der Waals surface area contributed by atoms with Gasteiger partial charge in [-0.15, -0.1) is 53.1 Å². The smallest absolute Gasteiger partial charge is 0.146 e. The Morgan fingerprint density at radius 1 is 0.627 bits per heavy atom. The van der Waals surface area contributed by atoms with Crippen molar-refractivity contribution in [3.8, 4) is 34.3 Å². The molecule has 1 radical (unpaired) electrons. The molecule has 0 spiro atoms. The maximum absolute atomic E-state index is 10.3. The van der Waals surface area contributed by atoms with Crippen molar-refractivity contribution in [2.45, 2.75) is 78.6 Å². The molecule has 0 fully saturated rings. The van der Waals surface area contributed by atoms with Crippen LogP contribution in [0.1, 0.15) is 84.6 Å². The van der Waals surface area contributed by atoms with Crippen molar-refractivity contribution in [3.05, 3.63) is 162 Å². The van der Waals surface area contributed by atoms with Crippen molar-refractivity contribution in [2.24, 2.45) is 0 Å². The summed E-state index contributed by atoms with van der Waals surface area (Å²) in [6.07, 6.45) is 3.76. The summed E-state index contributed by atoms with van der Waals surface area (Å²) < 4.78 is 9.00. The molecule has 0 aliphatic heterocycles. The van der Waals surface area contributed by atoms with Crippen LogP contribution in [-0.2, 0) is 36.4 Å². The summed E-state index contributed by atoms with van der Waals surface area (Å²) in [7, 11) is 0. The van der Waals surface area contributed by atoms with Crippen LogP contribution in [0, 0.1) is 23.5 Å². The standard InChI is InChI=1S/C34H24N3O.C19H24N.Ir/c1-34(2,3)26-18-17-24(27-12-8-9-19-36-27)32-30(26)25-16-15-21(20-35)31(33(25)38-32)37-28-13-6-4-10-22(28)23-11-5-7-14-29(23)37;1-18(2,3)15-9-7-8-14(12-15)17-11-10-16(13-20-17)19(4,5)6;/h4-16,18-19H,1-3H3;7,9-13H,1-6H3;/q2*-1;. The first-order chi connectivity index (χ1) is 27.6. The van der Waals surface area contributed by atoms with Crippen molar-refractivity contribution in [1.29, 1.82) is 5.26 Å². The maximum atomic E-state index is 10.3. The molecule has 6 heteroatoms. The van der Waals surface area contributed by atoms with Crippen LogP contribution in [0.5, 0.6) is 0 Å². The van der Waals surface area contributed by atoms with Gasteiger partial charge < -0.3 is 19.0 Å². The molecule has 4 heterocycles. The number of hydrogen-bond donors (Lipinski definition) is 0. The van der Waals surface area contributed by atoms with Crippen LogP contribution in [-0.4, -0.2) is 14.5 Å². The summed E-state index contributed by atoms with van der Waals surface area (Å²) in [5.41, 5.74) is 12.3. The van der Waals surface area contributed by atoms with E-state index in [1.54, 1.807) is 6.20 Å². The van der Waals surface area contributed by atoms with Gasteiger partial charge in [-0.05, 0) is 57.5 Å². The monoisotopic (exact) mass is 949 g/mol. The van der Waals surface area contributed by atoms with Gasteiger partial charge in [0.15, 0.2) is 0 Å². The van der Waals surface area contributed by atoms with E-state index in [0.29, 0.717) is 11.1 Å². The summed E-state index contributed by atoms with van der Waals surface area (Å²) in [6.45, 7) is 19.9. The predicted molar refractivity (Wildman–Crippen MR) is 239 cm³/mol. The molecule has 0 unspecified atom stereocenters. The average Bonchev–Trinajstić information content (AvgIpc) is 3.76. The largest absolute Gasteiger partial charge is 0.498 e. The van der Waals surface area contributed by atoms with Crippen LogP contribution in [0.3, 0.4) is 0 Å². The van der Waals surface area contributed by atoms with Crippen LogP contribution < -0.4 is 0 Å². The number of nitriles is 1. The fraction of sp³-hybridized carbons (Fsp3) is 0.226. The Labute approximate surface area is 361 Å². The van der Waals surface area contributed by atoms with Crippen LogP contribution in [0.2, 0.25) is 0 Å².